The number of pyridine rings is 1. The highest BCUT2D eigenvalue weighted by Gasteiger charge is 2.24. The van der Waals surface area contributed by atoms with Gasteiger partial charge >= 0.3 is 0 Å². The predicted octanol–water partition coefficient (Wildman–Crippen LogP) is 5.22. The fourth-order valence-electron chi connectivity index (χ4n) is 3.21. The summed E-state index contributed by atoms with van der Waals surface area (Å²) < 4.78 is 16.9. The molecule has 2 aromatic carbocycles. The number of hydrogen-bond acceptors (Lipinski definition) is 7. The van der Waals surface area contributed by atoms with Crippen molar-refractivity contribution in [2.75, 3.05) is 26.2 Å². The molecule has 4 rings (SSSR count). The van der Waals surface area contributed by atoms with E-state index < -0.39 is 0 Å². The Kier molecular flexibility index (Phi) is 6.43. The topological polar surface area (TPSA) is 73.8 Å². The molecule has 0 aliphatic heterocycles. The van der Waals surface area contributed by atoms with Gasteiger partial charge in [0, 0.05) is 24.0 Å². The van der Waals surface area contributed by atoms with Gasteiger partial charge in [0.25, 0.3) is 5.91 Å². The van der Waals surface area contributed by atoms with Crippen molar-refractivity contribution >= 4 is 44.2 Å². The molecule has 32 heavy (non-hydrogen) atoms. The van der Waals surface area contributed by atoms with Gasteiger partial charge in [0.05, 0.1) is 37.6 Å². The molecule has 0 fully saturated rings. The summed E-state index contributed by atoms with van der Waals surface area (Å²) >= 11 is 7.73. The van der Waals surface area contributed by atoms with E-state index in [0.29, 0.717) is 38.5 Å². The van der Waals surface area contributed by atoms with Gasteiger partial charge in [-0.25, -0.2) is 4.98 Å². The first-order valence-corrected chi connectivity index (χ1v) is 10.8. The highest BCUT2D eigenvalue weighted by atomic mass is 35.5. The van der Waals surface area contributed by atoms with E-state index in [0.717, 1.165) is 10.3 Å². The van der Waals surface area contributed by atoms with Crippen LogP contribution in [0.4, 0.5) is 5.13 Å². The molecule has 0 radical (unpaired) electrons. The van der Waals surface area contributed by atoms with Crippen LogP contribution in [0, 0.1) is 0 Å². The van der Waals surface area contributed by atoms with Crippen molar-refractivity contribution in [1.29, 1.82) is 0 Å². The SMILES string of the molecule is COc1cc(OC)cc(C(=O)N(Cc2cccnc2)c2nc3c(OC)ccc(Cl)c3s2)c1. The van der Waals surface area contributed by atoms with Gasteiger partial charge in [0.15, 0.2) is 5.13 Å². The normalized spacial score (nSPS) is 10.8. The number of aromatic nitrogens is 2. The third-order valence-electron chi connectivity index (χ3n) is 4.81. The average Bonchev–Trinajstić information content (AvgIpc) is 3.29. The predicted molar refractivity (Wildman–Crippen MR) is 125 cm³/mol. The van der Waals surface area contributed by atoms with Gasteiger partial charge in [-0.05, 0) is 35.9 Å². The molecule has 2 aromatic heterocycles. The summed E-state index contributed by atoms with van der Waals surface area (Å²) in [6.45, 7) is 0.270. The Hall–Kier alpha value is -3.36. The summed E-state index contributed by atoms with van der Waals surface area (Å²) in [6.07, 6.45) is 3.40. The fourth-order valence-corrected chi connectivity index (χ4v) is 4.46. The molecular weight excluding hydrogens is 450 g/mol. The lowest BCUT2D eigenvalue weighted by molar-refractivity contribution is 0.0984. The maximum Gasteiger partial charge on any atom is 0.260 e. The molecule has 0 aliphatic carbocycles. The van der Waals surface area contributed by atoms with Crippen molar-refractivity contribution in [2.24, 2.45) is 0 Å². The van der Waals surface area contributed by atoms with Crippen LogP contribution >= 0.6 is 22.9 Å². The maximum atomic E-state index is 13.7. The molecule has 0 aliphatic rings. The summed E-state index contributed by atoms with van der Waals surface area (Å²) in [6, 6.07) is 12.3. The van der Waals surface area contributed by atoms with Crippen molar-refractivity contribution < 1.29 is 19.0 Å². The molecule has 164 valence electrons. The standard InChI is InChI=1S/C23H20ClN3O4S/c1-29-16-9-15(10-17(11-16)30-2)22(28)27(13-14-5-4-8-25-12-14)23-26-20-19(31-3)7-6-18(24)21(20)32-23/h4-12H,13H2,1-3H3. The second kappa shape index (κ2) is 9.42. The van der Waals surface area contributed by atoms with Gasteiger partial charge in [0.2, 0.25) is 0 Å². The minimum Gasteiger partial charge on any atom is -0.497 e. The number of methoxy groups -OCH3 is 3. The molecule has 4 aromatic rings. The fraction of sp³-hybridized carbons (Fsp3) is 0.174. The molecule has 1 amide bonds. The minimum absolute atomic E-state index is 0.264. The average molecular weight is 470 g/mol. The highest BCUT2D eigenvalue weighted by Crippen LogP contribution is 2.39. The Morgan fingerprint density at radius 2 is 1.81 bits per heavy atom. The lowest BCUT2D eigenvalue weighted by atomic mass is 10.1. The van der Waals surface area contributed by atoms with Gasteiger partial charge < -0.3 is 14.2 Å². The summed E-state index contributed by atoms with van der Waals surface area (Å²) in [4.78, 5) is 24.2. The molecule has 0 N–H and O–H groups in total. The number of amides is 1. The van der Waals surface area contributed by atoms with Crippen molar-refractivity contribution in [3.63, 3.8) is 0 Å². The first-order chi connectivity index (χ1) is 15.5. The largest absolute Gasteiger partial charge is 0.497 e. The van der Waals surface area contributed by atoms with E-state index >= 15 is 0 Å². The maximum absolute atomic E-state index is 13.7. The Bertz CT molecular complexity index is 1240. The van der Waals surface area contributed by atoms with Gasteiger partial charge in [0.1, 0.15) is 22.8 Å². The van der Waals surface area contributed by atoms with Crippen LogP contribution in [0.5, 0.6) is 17.2 Å². The second-order valence-electron chi connectivity index (χ2n) is 6.78. The second-order valence-corrected chi connectivity index (χ2v) is 8.16. The molecule has 0 bridgehead atoms. The van der Waals surface area contributed by atoms with E-state index in [-0.39, 0.29) is 12.5 Å². The molecular formula is C23H20ClN3O4S. The van der Waals surface area contributed by atoms with Crippen LogP contribution in [0.2, 0.25) is 5.02 Å². The van der Waals surface area contributed by atoms with Crippen LogP contribution in [-0.2, 0) is 6.54 Å². The number of halogens is 1. The smallest absolute Gasteiger partial charge is 0.260 e. The number of thiazole rings is 1. The number of benzene rings is 2. The van der Waals surface area contributed by atoms with Crippen LogP contribution in [-0.4, -0.2) is 37.2 Å². The van der Waals surface area contributed by atoms with E-state index in [1.165, 1.54) is 25.6 Å². The quantitative estimate of drug-likeness (QED) is 0.369. The molecule has 2 heterocycles. The van der Waals surface area contributed by atoms with Gasteiger partial charge in [-0.15, -0.1) is 0 Å². The minimum atomic E-state index is -0.264. The number of rotatable bonds is 7. The van der Waals surface area contributed by atoms with Crippen LogP contribution in [0.3, 0.4) is 0 Å². The molecule has 9 heteroatoms. The summed E-state index contributed by atoms with van der Waals surface area (Å²) in [5.41, 5.74) is 1.86. The first-order valence-electron chi connectivity index (χ1n) is 9.61. The van der Waals surface area contributed by atoms with E-state index in [4.69, 9.17) is 30.8 Å². The van der Waals surface area contributed by atoms with Crippen LogP contribution in [0.25, 0.3) is 10.2 Å². The zero-order valence-corrected chi connectivity index (χ0v) is 19.2. The third kappa shape index (κ3) is 4.32. The zero-order chi connectivity index (χ0) is 22.7. The molecule has 0 unspecified atom stereocenters. The van der Waals surface area contributed by atoms with E-state index in [9.17, 15) is 4.79 Å². The Morgan fingerprint density at radius 1 is 1.06 bits per heavy atom. The number of anilines is 1. The molecule has 0 saturated heterocycles. The number of carbonyl (C=O) groups is 1. The number of hydrogen-bond donors (Lipinski definition) is 0. The molecule has 0 saturated carbocycles. The molecule has 0 atom stereocenters. The molecule has 0 spiro atoms. The van der Waals surface area contributed by atoms with Crippen LogP contribution < -0.4 is 19.1 Å². The lowest BCUT2D eigenvalue weighted by Gasteiger charge is -2.20. The Labute approximate surface area is 194 Å². The van der Waals surface area contributed by atoms with Gasteiger partial charge in [-0.2, -0.15) is 0 Å². The van der Waals surface area contributed by atoms with Crippen LogP contribution in [0.15, 0.2) is 54.9 Å². The number of ether oxygens (including phenoxy) is 3. The van der Waals surface area contributed by atoms with Crippen molar-refractivity contribution in [3.05, 3.63) is 71.0 Å². The lowest BCUT2D eigenvalue weighted by Crippen LogP contribution is -2.30. The van der Waals surface area contributed by atoms with Gasteiger partial charge in [-0.1, -0.05) is 29.0 Å². The van der Waals surface area contributed by atoms with E-state index in [2.05, 4.69) is 4.98 Å². The number of nitrogens with zero attached hydrogens (tertiary/aromatic N) is 3. The summed E-state index contributed by atoms with van der Waals surface area (Å²) in [5, 5.41) is 1.03. The molecule has 7 nitrogen and oxygen atoms in total. The van der Waals surface area contributed by atoms with E-state index in [1.807, 2.05) is 12.1 Å². The Morgan fingerprint density at radius 3 is 2.44 bits per heavy atom. The number of fused-ring (bicyclic) bond motifs is 1. The van der Waals surface area contributed by atoms with E-state index in [1.54, 1.807) is 54.7 Å². The zero-order valence-electron chi connectivity index (χ0n) is 17.7. The van der Waals surface area contributed by atoms with Gasteiger partial charge in [-0.3, -0.25) is 14.7 Å². The summed E-state index contributed by atoms with van der Waals surface area (Å²) in [7, 11) is 4.65. The van der Waals surface area contributed by atoms with Crippen molar-refractivity contribution in [1.82, 2.24) is 9.97 Å². The Balaban J connectivity index is 1.84. The highest BCUT2D eigenvalue weighted by molar-refractivity contribution is 7.23. The van der Waals surface area contributed by atoms with Crippen LogP contribution in [0.1, 0.15) is 15.9 Å². The summed E-state index contributed by atoms with van der Waals surface area (Å²) in [5.74, 6) is 1.36. The monoisotopic (exact) mass is 469 g/mol. The first kappa shape index (κ1) is 21.9. The van der Waals surface area contributed by atoms with Crippen molar-refractivity contribution in [3.8, 4) is 17.2 Å². The third-order valence-corrected chi connectivity index (χ3v) is 6.34. The number of carbonyl (C=O) groups excluding carboxylic acids is 1. The van der Waals surface area contributed by atoms with Crippen molar-refractivity contribution in [2.45, 2.75) is 6.54 Å².